The number of benzene rings is 1. The molecule has 0 spiro atoms. The molecule has 1 aromatic carbocycles. The molecular weight excluding hydrogens is 381 g/mol. The van der Waals surface area contributed by atoms with Gasteiger partial charge < -0.3 is 20.1 Å². The number of halogens is 2. The highest BCUT2D eigenvalue weighted by molar-refractivity contribution is 6.44. The van der Waals surface area contributed by atoms with Gasteiger partial charge in [0.25, 0.3) is 0 Å². The minimum absolute atomic E-state index is 0.158. The molecule has 1 heterocycles. The van der Waals surface area contributed by atoms with E-state index in [1.54, 1.807) is 32.9 Å². The fourth-order valence-corrected chi connectivity index (χ4v) is 3.18. The molecule has 1 saturated heterocycles. The molecule has 9 heteroatoms. The summed E-state index contributed by atoms with van der Waals surface area (Å²) in [5, 5.41) is 0.688. The molecule has 0 aliphatic carbocycles. The summed E-state index contributed by atoms with van der Waals surface area (Å²) < 4.78 is 10.7. The molecule has 0 unspecified atom stereocenters. The van der Waals surface area contributed by atoms with Crippen LogP contribution in [0.15, 0.2) is 12.1 Å². The van der Waals surface area contributed by atoms with Crippen LogP contribution < -0.4 is 15.4 Å². The summed E-state index contributed by atoms with van der Waals surface area (Å²) >= 11 is 12.5. The standard InChI is InChI=1S/C17H23Cl2N3O4/c1-17(2,3)26-16(24)22-8-7-21(9-11(22)15(20)23)14-12(25-4)6-5-10(18)13(14)19/h5-6,11H,7-9H2,1-4H3,(H2,20,23)/t11-/m1/s1. The zero-order chi connectivity index (χ0) is 19.6. The normalized spacial score (nSPS) is 17.8. The van der Waals surface area contributed by atoms with Crippen molar-refractivity contribution in [3.8, 4) is 5.75 Å². The van der Waals surface area contributed by atoms with Gasteiger partial charge in [-0.05, 0) is 32.9 Å². The van der Waals surface area contributed by atoms with Crippen molar-refractivity contribution < 1.29 is 19.1 Å². The van der Waals surface area contributed by atoms with Gasteiger partial charge in [0.05, 0.1) is 22.8 Å². The zero-order valence-corrected chi connectivity index (χ0v) is 16.7. The summed E-state index contributed by atoms with van der Waals surface area (Å²) in [5.74, 6) is -0.106. The summed E-state index contributed by atoms with van der Waals surface area (Å²) in [7, 11) is 1.52. The minimum atomic E-state index is -0.863. The Morgan fingerprint density at radius 3 is 2.42 bits per heavy atom. The maximum absolute atomic E-state index is 12.4. The van der Waals surface area contributed by atoms with E-state index in [-0.39, 0.29) is 13.1 Å². The first-order chi connectivity index (χ1) is 12.0. The lowest BCUT2D eigenvalue weighted by atomic mass is 10.1. The summed E-state index contributed by atoms with van der Waals surface area (Å²) in [6, 6.07) is 2.47. The predicted molar refractivity (Wildman–Crippen MR) is 101 cm³/mol. The van der Waals surface area contributed by atoms with Crippen LogP contribution >= 0.6 is 23.2 Å². The molecule has 1 atom stereocenters. The van der Waals surface area contributed by atoms with Crippen LogP contribution in [0.3, 0.4) is 0 Å². The van der Waals surface area contributed by atoms with Gasteiger partial charge in [0, 0.05) is 19.6 Å². The Kier molecular flexibility index (Phi) is 6.13. The average Bonchev–Trinajstić information content (AvgIpc) is 2.55. The van der Waals surface area contributed by atoms with Gasteiger partial charge in [-0.2, -0.15) is 0 Å². The van der Waals surface area contributed by atoms with E-state index in [9.17, 15) is 9.59 Å². The Labute approximate surface area is 162 Å². The molecule has 0 radical (unpaired) electrons. The highest BCUT2D eigenvalue weighted by atomic mass is 35.5. The van der Waals surface area contributed by atoms with Gasteiger partial charge in [-0.25, -0.2) is 4.79 Å². The number of primary amides is 1. The van der Waals surface area contributed by atoms with E-state index in [0.29, 0.717) is 28.0 Å². The number of hydrogen-bond donors (Lipinski definition) is 1. The molecule has 2 N–H and O–H groups in total. The van der Waals surface area contributed by atoms with E-state index in [1.807, 2.05) is 4.90 Å². The topological polar surface area (TPSA) is 85.1 Å². The molecule has 1 aliphatic rings. The SMILES string of the molecule is COc1ccc(Cl)c(Cl)c1N1CCN(C(=O)OC(C)(C)C)[C@@H](C(N)=O)C1. The second kappa shape index (κ2) is 7.80. The number of carbonyl (C=O) groups is 2. The van der Waals surface area contributed by atoms with E-state index in [1.165, 1.54) is 12.0 Å². The largest absolute Gasteiger partial charge is 0.495 e. The molecule has 26 heavy (non-hydrogen) atoms. The highest BCUT2D eigenvalue weighted by Gasteiger charge is 2.37. The maximum Gasteiger partial charge on any atom is 0.411 e. The van der Waals surface area contributed by atoms with Crippen molar-refractivity contribution >= 4 is 40.9 Å². The van der Waals surface area contributed by atoms with Gasteiger partial charge in [0.2, 0.25) is 5.91 Å². The third-order valence-corrected chi connectivity index (χ3v) is 4.70. The van der Waals surface area contributed by atoms with Gasteiger partial charge in [-0.15, -0.1) is 0 Å². The molecule has 1 fully saturated rings. The third kappa shape index (κ3) is 4.45. The van der Waals surface area contributed by atoms with E-state index in [4.69, 9.17) is 38.4 Å². The smallest absolute Gasteiger partial charge is 0.411 e. The lowest BCUT2D eigenvalue weighted by Crippen LogP contribution is -2.60. The molecule has 2 rings (SSSR count). The number of carbonyl (C=O) groups excluding carboxylic acids is 2. The van der Waals surface area contributed by atoms with Crippen LogP contribution in [0.25, 0.3) is 0 Å². The second-order valence-corrected chi connectivity index (χ2v) is 7.74. The van der Waals surface area contributed by atoms with Gasteiger partial charge in [-0.3, -0.25) is 9.69 Å². The number of anilines is 1. The van der Waals surface area contributed by atoms with E-state index in [0.717, 1.165) is 0 Å². The predicted octanol–water partition coefficient (Wildman–Crippen LogP) is 2.91. The molecule has 0 saturated carbocycles. The molecule has 1 aromatic rings. The van der Waals surface area contributed by atoms with Gasteiger partial charge in [0.1, 0.15) is 17.4 Å². The van der Waals surface area contributed by atoms with Crippen LogP contribution in [0, 0.1) is 0 Å². The maximum atomic E-state index is 12.4. The molecule has 0 bridgehead atoms. The molecule has 144 valence electrons. The first-order valence-electron chi connectivity index (χ1n) is 8.11. The number of methoxy groups -OCH3 is 1. The fraction of sp³-hybridized carbons (Fsp3) is 0.529. The number of piperazine rings is 1. The number of rotatable bonds is 3. The lowest BCUT2D eigenvalue weighted by molar-refractivity contribution is -0.123. The number of ether oxygens (including phenoxy) is 2. The molecule has 0 aromatic heterocycles. The van der Waals surface area contributed by atoms with Crippen LogP contribution in [0.1, 0.15) is 20.8 Å². The number of nitrogens with zero attached hydrogens (tertiary/aromatic N) is 2. The molecule has 1 aliphatic heterocycles. The summed E-state index contributed by atoms with van der Waals surface area (Å²) in [6.45, 7) is 6.10. The Morgan fingerprint density at radius 2 is 1.88 bits per heavy atom. The van der Waals surface area contributed by atoms with Crippen LogP contribution in [-0.4, -0.2) is 55.3 Å². The van der Waals surface area contributed by atoms with Gasteiger partial charge >= 0.3 is 6.09 Å². The van der Waals surface area contributed by atoms with Crippen LogP contribution in [0.5, 0.6) is 5.75 Å². The van der Waals surface area contributed by atoms with E-state index in [2.05, 4.69) is 0 Å². The fourth-order valence-electron chi connectivity index (χ4n) is 2.75. The van der Waals surface area contributed by atoms with Gasteiger partial charge in [-0.1, -0.05) is 23.2 Å². The Morgan fingerprint density at radius 1 is 1.23 bits per heavy atom. The number of hydrogen-bond acceptors (Lipinski definition) is 5. The first kappa shape index (κ1) is 20.5. The summed E-state index contributed by atoms with van der Waals surface area (Å²) in [6.07, 6.45) is -0.579. The quantitative estimate of drug-likeness (QED) is 0.838. The minimum Gasteiger partial charge on any atom is -0.495 e. The van der Waals surface area contributed by atoms with Crippen molar-refractivity contribution in [3.63, 3.8) is 0 Å². The van der Waals surface area contributed by atoms with Crippen LogP contribution in [0.2, 0.25) is 10.0 Å². The number of nitrogens with two attached hydrogens (primary N) is 1. The van der Waals surface area contributed by atoms with Gasteiger partial charge in [0.15, 0.2) is 0 Å². The van der Waals surface area contributed by atoms with E-state index >= 15 is 0 Å². The molecular formula is C17H23Cl2N3O4. The Hall–Kier alpha value is -1.86. The first-order valence-corrected chi connectivity index (χ1v) is 8.86. The van der Waals surface area contributed by atoms with Crippen molar-refractivity contribution in [1.82, 2.24) is 4.90 Å². The number of amides is 2. The summed E-state index contributed by atoms with van der Waals surface area (Å²) in [5.41, 5.74) is 5.43. The molecule has 2 amide bonds. The lowest BCUT2D eigenvalue weighted by Gasteiger charge is -2.41. The molecule has 7 nitrogen and oxygen atoms in total. The second-order valence-electron chi connectivity index (χ2n) is 6.95. The van der Waals surface area contributed by atoms with E-state index < -0.39 is 23.6 Å². The Bertz CT molecular complexity index is 706. The monoisotopic (exact) mass is 403 g/mol. The van der Waals surface area contributed by atoms with Crippen LogP contribution in [0.4, 0.5) is 10.5 Å². The van der Waals surface area contributed by atoms with Crippen molar-refractivity contribution in [2.45, 2.75) is 32.4 Å². The third-order valence-electron chi connectivity index (χ3n) is 3.90. The van der Waals surface area contributed by atoms with Crippen molar-refractivity contribution in [3.05, 3.63) is 22.2 Å². The zero-order valence-electron chi connectivity index (χ0n) is 15.2. The average molecular weight is 404 g/mol. The van der Waals surface area contributed by atoms with Crippen molar-refractivity contribution in [2.24, 2.45) is 5.73 Å². The van der Waals surface area contributed by atoms with Crippen molar-refractivity contribution in [1.29, 1.82) is 0 Å². The Balaban J connectivity index is 2.30. The van der Waals surface area contributed by atoms with Crippen molar-refractivity contribution in [2.75, 3.05) is 31.6 Å². The van der Waals surface area contributed by atoms with Crippen LogP contribution in [-0.2, 0) is 9.53 Å². The highest BCUT2D eigenvalue weighted by Crippen LogP contribution is 2.41. The summed E-state index contributed by atoms with van der Waals surface area (Å²) in [4.78, 5) is 27.6.